The van der Waals surface area contributed by atoms with Gasteiger partial charge in [-0.3, -0.25) is 4.79 Å². The summed E-state index contributed by atoms with van der Waals surface area (Å²) in [6.45, 7) is 0. The topological polar surface area (TPSA) is 52.9 Å². The number of halogens is 3. The van der Waals surface area contributed by atoms with E-state index in [1.165, 1.54) is 0 Å². The summed E-state index contributed by atoms with van der Waals surface area (Å²) >= 11 is 6.76. The summed E-state index contributed by atoms with van der Waals surface area (Å²) in [6, 6.07) is 2.04. The van der Waals surface area contributed by atoms with Crippen LogP contribution in [-0.4, -0.2) is 74.1 Å². The molecule has 1 aromatic carbocycles. The van der Waals surface area contributed by atoms with Crippen LogP contribution in [0.5, 0.6) is 0 Å². The van der Waals surface area contributed by atoms with Crippen molar-refractivity contribution in [3.63, 3.8) is 0 Å². The first-order valence-corrected chi connectivity index (χ1v) is 8.65. The van der Waals surface area contributed by atoms with Gasteiger partial charge in [0.1, 0.15) is 0 Å². The van der Waals surface area contributed by atoms with Gasteiger partial charge in [-0.2, -0.15) is 0 Å². The molecule has 108 valence electrons. The van der Waals surface area contributed by atoms with Crippen molar-refractivity contribution in [3.05, 3.63) is 22.3 Å². The zero-order valence-corrected chi connectivity index (χ0v) is 16.9. The zero-order valence-electron chi connectivity index (χ0n) is 10.5. The molecule has 20 heavy (non-hydrogen) atoms. The molecule has 0 aromatic heterocycles. The average molecular weight is 640 g/mol. The Morgan fingerprint density at radius 1 is 1.35 bits per heavy atom. The van der Waals surface area contributed by atoms with E-state index >= 15 is 0 Å². The second-order valence-corrected chi connectivity index (χ2v) is 7.49. The Labute approximate surface area is 189 Å². The number of carboxylic acids is 1. The van der Waals surface area contributed by atoms with Crippen LogP contribution in [0.1, 0.15) is 12.0 Å². The summed E-state index contributed by atoms with van der Waals surface area (Å²) in [6.07, 6.45) is 2.43. The van der Waals surface area contributed by atoms with Gasteiger partial charge in [-0.05, 0) is 85.8 Å². The summed E-state index contributed by atoms with van der Waals surface area (Å²) in [4.78, 5) is 17.1. The molecule has 1 aromatic rings. The molecule has 1 rings (SSSR count). The van der Waals surface area contributed by atoms with Crippen LogP contribution in [0, 0.1) is 10.7 Å². The maximum atomic E-state index is 10.7. The Hall–Kier alpha value is 1.61. The van der Waals surface area contributed by atoms with Gasteiger partial charge in [0.05, 0.1) is 12.0 Å². The van der Waals surface area contributed by atoms with E-state index in [1.807, 2.05) is 25.1 Å². The molecule has 8 heteroatoms. The first kappa shape index (κ1) is 21.6. The van der Waals surface area contributed by atoms with Crippen molar-refractivity contribution in [3.8, 4) is 0 Å². The first-order valence-electron chi connectivity index (χ1n) is 5.41. The molecule has 0 saturated heterocycles. The summed E-state index contributed by atoms with van der Waals surface area (Å²) in [5, 5.41) is 8.81. The molecule has 0 fully saturated rings. The van der Waals surface area contributed by atoms with Crippen molar-refractivity contribution in [2.75, 3.05) is 14.1 Å². The van der Waals surface area contributed by atoms with Gasteiger partial charge < -0.3 is 10.0 Å². The molecule has 0 spiro atoms. The number of hydrogen-bond acceptors (Lipinski definition) is 2. The molecule has 0 bridgehead atoms. The van der Waals surface area contributed by atoms with Crippen molar-refractivity contribution in [1.82, 2.24) is 4.90 Å². The monoisotopic (exact) mass is 640 g/mol. The number of hydrogen-bond donors (Lipinski definition) is 1. The van der Waals surface area contributed by atoms with Crippen molar-refractivity contribution in [1.29, 1.82) is 0 Å². The number of carbonyl (C=O) groups is 1. The summed E-state index contributed by atoms with van der Waals surface area (Å²) in [5.74, 6) is -0.775. The van der Waals surface area contributed by atoms with Gasteiger partial charge in [0.2, 0.25) is 0 Å². The predicted octanol–water partition coefficient (Wildman–Crippen LogP) is 2.82. The van der Waals surface area contributed by atoms with Crippen LogP contribution in [0.4, 0.5) is 5.69 Å². The van der Waals surface area contributed by atoms with E-state index in [0.29, 0.717) is 6.42 Å². The minimum absolute atomic E-state index is 0. The van der Waals surface area contributed by atoms with E-state index in [0.717, 1.165) is 22.0 Å². The van der Waals surface area contributed by atoms with E-state index in [-0.39, 0.29) is 44.2 Å². The van der Waals surface area contributed by atoms with E-state index in [2.05, 4.69) is 72.8 Å². The average Bonchev–Trinajstić information content (AvgIpc) is 2.27. The molecule has 0 radical (unpaired) electrons. The molecular weight excluding hydrogens is 625 g/mol. The van der Waals surface area contributed by atoms with Crippen LogP contribution in [0.2, 0.25) is 0 Å². The van der Waals surface area contributed by atoms with E-state index < -0.39 is 5.97 Å². The van der Waals surface area contributed by atoms with Gasteiger partial charge >= 0.3 is 43.7 Å². The third-order valence-electron chi connectivity index (χ3n) is 2.25. The number of aliphatic imine (C=N–C) groups is 1. The predicted molar refractivity (Wildman–Crippen MR) is 111 cm³/mol. The number of aliphatic carboxylic acids is 1. The van der Waals surface area contributed by atoms with Crippen LogP contribution < -0.4 is 0 Å². The van der Waals surface area contributed by atoms with E-state index in [9.17, 15) is 4.79 Å². The maximum absolute atomic E-state index is 10.7. The van der Waals surface area contributed by atoms with Crippen LogP contribution in [0.15, 0.2) is 11.1 Å². The Kier molecular flexibility index (Phi) is 11.2. The molecule has 0 saturated carbocycles. The molecule has 0 atom stereocenters. The van der Waals surface area contributed by atoms with Crippen molar-refractivity contribution in [2.45, 2.75) is 12.8 Å². The standard InChI is InChI=1S/C12H13I3N2O2.Ca.2H/c1-17(2)6-16-12-9(14)5-8(13)7(11(12)15)3-4-10(18)19;;;/h5-6H,3-4H2,1-2H3,(H,18,19);;;/b16-6+;;;. The van der Waals surface area contributed by atoms with Gasteiger partial charge in [0.25, 0.3) is 0 Å². The molecule has 1 N–H and O–H groups in total. The van der Waals surface area contributed by atoms with Crippen LogP contribution in [0.25, 0.3) is 0 Å². The Bertz CT molecular complexity index is 522. The van der Waals surface area contributed by atoms with Crippen molar-refractivity contribution < 1.29 is 9.90 Å². The fraction of sp³-hybridized carbons (Fsp3) is 0.333. The van der Waals surface area contributed by atoms with Gasteiger partial charge in [0, 0.05) is 31.2 Å². The number of carboxylic acid groups (broad SMARTS) is 1. The van der Waals surface area contributed by atoms with Gasteiger partial charge in [0.15, 0.2) is 0 Å². The van der Waals surface area contributed by atoms with E-state index in [1.54, 1.807) is 6.34 Å². The molecular formula is C12H15CaI3N2O2. The van der Waals surface area contributed by atoms with Gasteiger partial charge in [-0.1, -0.05) is 0 Å². The third kappa shape index (κ3) is 6.80. The molecule has 4 nitrogen and oxygen atoms in total. The Morgan fingerprint density at radius 3 is 2.45 bits per heavy atom. The van der Waals surface area contributed by atoms with Gasteiger partial charge in [-0.15, -0.1) is 0 Å². The molecule has 0 amide bonds. The molecule has 0 aliphatic carbocycles. The molecule has 0 unspecified atom stereocenters. The van der Waals surface area contributed by atoms with Crippen molar-refractivity contribution in [2.24, 2.45) is 4.99 Å². The fourth-order valence-corrected chi connectivity index (χ4v) is 5.56. The Morgan fingerprint density at radius 2 is 1.95 bits per heavy atom. The third-order valence-corrected chi connectivity index (χ3v) is 5.19. The Balaban J connectivity index is 0.00000361. The second kappa shape index (κ2) is 10.4. The van der Waals surface area contributed by atoms with Gasteiger partial charge in [-0.25, -0.2) is 4.99 Å². The molecule has 0 aliphatic rings. The number of nitrogens with zero attached hydrogens (tertiary/aromatic N) is 2. The van der Waals surface area contributed by atoms with Crippen LogP contribution in [0.3, 0.4) is 0 Å². The van der Waals surface area contributed by atoms with E-state index in [4.69, 9.17) is 5.11 Å². The quantitative estimate of drug-likeness (QED) is 0.234. The summed E-state index contributed by atoms with van der Waals surface area (Å²) < 4.78 is 3.20. The zero-order chi connectivity index (χ0) is 14.6. The van der Waals surface area contributed by atoms with Crippen molar-refractivity contribution >= 4 is 124 Å². The molecule has 0 aliphatic heterocycles. The SMILES string of the molecule is CN(C)/C=N/c1c(I)cc(I)c(CCC(=O)O)c1I.[CaH2]. The minimum atomic E-state index is -0.775. The molecule has 0 heterocycles. The van der Waals surface area contributed by atoms with Crippen LogP contribution in [-0.2, 0) is 11.2 Å². The van der Waals surface area contributed by atoms with Crippen LogP contribution >= 0.6 is 67.8 Å². The summed E-state index contributed by atoms with van der Waals surface area (Å²) in [5.41, 5.74) is 1.98. The normalized spacial score (nSPS) is 10.4. The second-order valence-electron chi connectivity index (χ2n) is 4.08. The number of rotatable bonds is 5. The fourth-order valence-electron chi connectivity index (χ4n) is 1.37. The first-order chi connectivity index (χ1) is 8.82. The summed E-state index contributed by atoms with van der Waals surface area (Å²) in [7, 11) is 3.84. The number of benzene rings is 1.